The molecule has 0 saturated heterocycles. The van der Waals surface area contributed by atoms with Gasteiger partial charge in [-0.3, -0.25) is 11.7 Å². The predicted molar refractivity (Wildman–Crippen MR) is 22.0 cm³/mol. The van der Waals surface area contributed by atoms with E-state index in [1.165, 1.54) is 0 Å². The molecule has 3 nitrogen and oxygen atoms in total. The van der Waals surface area contributed by atoms with E-state index in [9.17, 15) is 0 Å². The zero-order valence-corrected chi connectivity index (χ0v) is 10.0. The number of hydrogen-bond donors (Lipinski definition) is 2. The maximum absolute atomic E-state index is 4.70. The Kier molecular flexibility index (Phi) is 212. The Morgan fingerprint density at radius 1 is 1.12 bits per heavy atom. The van der Waals surface area contributed by atoms with Gasteiger partial charge in [-0.25, -0.2) is 0 Å². The van der Waals surface area contributed by atoms with Gasteiger partial charge in [0.1, 0.15) is 0 Å². The summed E-state index contributed by atoms with van der Waals surface area (Å²) in [4.78, 5) is 0. The zero-order valence-electron chi connectivity index (χ0n) is 3.99. The van der Waals surface area contributed by atoms with Crippen molar-refractivity contribution in [3.8, 4) is 0 Å². The summed E-state index contributed by atoms with van der Waals surface area (Å²) in [7, 11) is 9.40. The minimum Gasteiger partial charge on any atom is -0.870 e. The summed E-state index contributed by atoms with van der Waals surface area (Å²) in [6.45, 7) is 0. The molecule has 0 aliphatic heterocycles. The summed E-state index contributed by atoms with van der Waals surface area (Å²) in [5.74, 6) is 8.00. The molecule has 0 atom stereocenters. The topological polar surface area (TPSA) is 82.0 Å². The van der Waals surface area contributed by atoms with Crippen LogP contribution in [0, 0.1) is 0 Å². The molecule has 0 amide bonds. The third-order valence-corrected chi connectivity index (χ3v) is 0. The van der Waals surface area contributed by atoms with E-state index in [1.807, 2.05) is 0 Å². The molecule has 0 aliphatic carbocycles. The van der Waals surface area contributed by atoms with Crippen molar-refractivity contribution in [2.45, 2.75) is 0 Å². The van der Waals surface area contributed by atoms with E-state index < -0.39 is 0 Å². The van der Waals surface area contributed by atoms with Crippen LogP contribution in [0.2, 0.25) is 0 Å². The van der Waals surface area contributed by atoms with Gasteiger partial charge < -0.3 is 5.48 Å². The van der Waals surface area contributed by atoms with Gasteiger partial charge in [0.25, 0.3) is 0 Å². The molecule has 8 heteroatoms. The van der Waals surface area contributed by atoms with Crippen molar-refractivity contribution in [1.82, 2.24) is 0 Å². The van der Waals surface area contributed by atoms with Crippen LogP contribution in [-0.2, 0) is 33.1 Å². The largest absolute Gasteiger partial charge is 1.00 e. The van der Waals surface area contributed by atoms with Gasteiger partial charge in [-0.05, 0) is 0 Å². The Morgan fingerprint density at radius 2 is 1.12 bits per heavy atom. The first-order chi connectivity index (χ1) is 2.41. The third-order valence-electron chi connectivity index (χ3n) is 0. The number of halogens is 2. The van der Waals surface area contributed by atoms with Crippen molar-refractivity contribution in [1.29, 1.82) is 0 Å². The van der Waals surface area contributed by atoms with Crippen LogP contribution in [0.15, 0.2) is 0 Å². The van der Waals surface area contributed by atoms with Crippen LogP contribution in [0.3, 0.4) is 0 Å². The van der Waals surface area contributed by atoms with Gasteiger partial charge in [0.15, 0.2) is 0 Å². The molecule has 56 valence electrons. The van der Waals surface area contributed by atoms with Crippen molar-refractivity contribution in [3.63, 3.8) is 0 Å². The van der Waals surface area contributed by atoms with Gasteiger partial charge in [-0.15, -0.1) is 0 Å². The number of rotatable bonds is 0. The SMILES string of the molecule is NN.[Cl][Ni][Cl].[Na+].[OH-].[Pd]. The Balaban J connectivity index is -0.00000000567. The fraction of sp³-hybridized carbons (Fsp3) is 0. The molecule has 0 bridgehead atoms. The second-order valence-corrected chi connectivity index (χ2v) is 1.68. The molecule has 0 spiro atoms. The average molecular weight is 308 g/mol. The first-order valence-corrected chi connectivity index (χ1v) is 3.29. The third kappa shape index (κ3) is 73.0. The quantitative estimate of drug-likeness (QED) is 0.285. The first kappa shape index (κ1) is 31.1. The van der Waals surface area contributed by atoms with E-state index >= 15 is 0 Å². The molecule has 8 heavy (non-hydrogen) atoms. The second-order valence-electron chi connectivity index (χ2n) is 0.0452. The zero-order chi connectivity index (χ0) is 4.71. The predicted octanol–water partition coefficient (Wildman–Crippen LogP) is -2.98. The van der Waals surface area contributed by atoms with Crippen LogP contribution in [0.5, 0.6) is 0 Å². The van der Waals surface area contributed by atoms with Gasteiger partial charge in [0, 0.05) is 20.4 Å². The minimum absolute atomic E-state index is 0. The van der Waals surface area contributed by atoms with E-state index in [4.69, 9.17) is 20.4 Å². The molecule has 0 aromatic rings. The second kappa shape index (κ2) is 54.6. The molecular weight excluding hydrogens is 303 g/mol. The average Bonchev–Trinajstić information content (AvgIpc) is 1.46. The van der Waals surface area contributed by atoms with Crippen LogP contribution < -0.4 is 41.2 Å². The van der Waals surface area contributed by atoms with E-state index in [0.717, 1.165) is 0 Å². The summed E-state index contributed by atoms with van der Waals surface area (Å²) in [5, 5.41) is 0. The smallest absolute Gasteiger partial charge is 0.870 e. The van der Waals surface area contributed by atoms with Gasteiger partial charge in [-0.1, -0.05) is 0 Å². The van der Waals surface area contributed by atoms with Gasteiger partial charge in [-0.2, -0.15) is 0 Å². The normalized spacial score (nSPS) is 3.50. The molecule has 0 saturated carbocycles. The summed E-state index contributed by atoms with van der Waals surface area (Å²) >= 11 is 0.569. The molecule has 0 rings (SSSR count). The molecule has 0 unspecified atom stereocenters. The molecule has 5 N–H and O–H groups in total. The van der Waals surface area contributed by atoms with Crippen molar-refractivity contribution >= 4 is 20.4 Å². The van der Waals surface area contributed by atoms with Crippen LogP contribution in [0.4, 0.5) is 0 Å². The van der Waals surface area contributed by atoms with Crippen molar-refractivity contribution in [2.75, 3.05) is 0 Å². The van der Waals surface area contributed by atoms with E-state index in [0.29, 0.717) is 12.7 Å². The van der Waals surface area contributed by atoms with Crippen molar-refractivity contribution in [2.24, 2.45) is 11.7 Å². The van der Waals surface area contributed by atoms with Gasteiger partial charge in [0.2, 0.25) is 0 Å². The minimum atomic E-state index is 0. The molecule has 0 radical (unpaired) electrons. The molecule has 0 fully saturated rings. The van der Waals surface area contributed by atoms with Crippen LogP contribution >= 0.6 is 20.4 Å². The van der Waals surface area contributed by atoms with Gasteiger partial charge in [0.05, 0.1) is 0 Å². The van der Waals surface area contributed by atoms with Crippen LogP contribution in [-0.4, -0.2) is 5.48 Å². The molecular formula is H5Cl2N2NaNiOPd. The Morgan fingerprint density at radius 3 is 1.12 bits per heavy atom. The summed E-state index contributed by atoms with van der Waals surface area (Å²) in [6, 6.07) is 0. The Bertz CT molecular complexity index is 20.0. The first-order valence-electron chi connectivity index (χ1n) is 0.572. The number of nitrogens with two attached hydrogens (primary N) is 2. The van der Waals surface area contributed by atoms with Gasteiger partial charge >= 0.3 is 62.6 Å². The monoisotopic (exact) mass is 306 g/mol. The van der Waals surface area contributed by atoms with E-state index in [-0.39, 0.29) is 55.5 Å². The Labute approximate surface area is 98.8 Å². The van der Waals surface area contributed by atoms with E-state index in [1.54, 1.807) is 0 Å². The maximum atomic E-state index is 4.70. The Hall–Kier alpha value is 2.62. The molecule has 0 aromatic carbocycles. The van der Waals surface area contributed by atoms with E-state index in [2.05, 4.69) is 11.7 Å². The summed E-state index contributed by atoms with van der Waals surface area (Å²) in [5.41, 5.74) is 0. The van der Waals surface area contributed by atoms with Crippen LogP contribution in [0.25, 0.3) is 0 Å². The number of hydrogen-bond acceptors (Lipinski definition) is 3. The van der Waals surface area contributed by atoms with Crippen LogP contribution in [0.1, 0.15) is 0 Å². The van der Waals surface area contributed by atoms with Crippen molar-refractivity contribution in [3.05, 3.63) is 0 Å². The standard InChI is InChI=1S/2ClH.H4N2.Na.Ni.H2O.Pd/c;;1-2;;;;/h2*1H;1-2H2;;;1H2;/q;;;+1;+2;;/p-3. The number of hydrazine groups is 1. The fourth-order valence-corrected chi connectivity index (χ4v) is 0. The molecule has 0 heterocycles. The summed E-state index contributed by atoms with van der Waals surface area (Å²) in [6.07, 6.45) is 0. The molecule has 0 aromatic heterocycles. The van der Waals surface area contributed by atoms with Crippen molar-refractivity contribution < 1.29 is 68.1 Å². The fourth-order valence-electron chi connectivity index (χ4n) is 0. The maximum Gasteiger partial charge on any atom is 1.00 e. The summed E-state index contributed by atoms with van der Waals surface area (Å²) < 4.78 is 0. The molecule has 0 aliphatic rings.